The number of benzene rings is 1. The van der Waals surface area contributed by atoms with Gasteiger partial charge in [-0.2, -0.15) is 0 Å². The molecule has 4 atom stereocenters. The zero-order chi connectivity index (χ0) is 16.9. The summed E-state index contributed by atoms with van der Waals surface area (Å²) in [6.07, 6.45) is 0.699. The zero-order valence-corrected chi connectivity index (χ0v) is 15.9. The average Bonchev–Trinajstić information content (AvgIpc) is 2.53. The van der Waals surface area contributed by atoms with E-state index in [9.17, 15) is 5.11 Å². The lowest BCUT2D eigenvalue weighted by atomic mass is 9.92. The zero-order valence-electron chi connectivity index (χ0n) is 15.1. The largest absolute Gasteiger partial charge is 0.486 e. The number of aliphatic hydroxyl groups excluding tert-OH is 1. The van der Waals surface area contributed by atoms with Crippen molar-refractivity contribution in [1.82, 2.24) is 4.90 Å². The van der Waals surface area contributed by atoms with Crippen LogP contribution < -0.4 is 9.47 Å². The third-order valence-electron chi connectivity index (χ3n) is 4.59. The summed E-state index contributed by atoms with van der Waals surface area (Å²) in [7, 11) is 0. The van der Waals surface area contributed by atoms with Gasteiger partial charge in [0, 0.05) is 19.6 Å². The molecule has 0 aliphatic carbocycles. The molecule has 0 bridgehead atoms. The van der Waals surface area contributed by atoms with E-state index in [1.54, 1.807) is 0 Å². The fourth-order valence-electron chi connectivity index (χ4n) is 3.77. The van der Waals surface area contributed by atoms with Gasteiger partial charge in [0.05, 0.1) is 19.3 Å². The molecule has 6 heteroatoms. The Balaban J connectivity index is 0.00000225. The maximum absolute atomic E-state index is 10.2. The molecule has 25 heavy (non-hydrogen) atoms. The molecule has 0 radical (unpaired) electrons. The van der Waals surface area contributed by atoms with Crippen LogP contribution in [0.25, 0.3) is 0 Å². The van der Waals surface area contributed by atoms with E-state index in [1.165, 1.54) is 6.42 Å². The highest BCUT2D eigenvalue weighted by Crippen LogP contribution is 2.30. The molecular weight excluding hydrogens is 342 g/mol. The number of hydrogen-bond acceptors (Lipinski definition) is 5. The van der Waals surface area contributed by atoms with Crippen LogP contribution in [-0.2, 0) is 4.74 Å². The van der Waals surface area contributed by atoms with Crippen molar-refractivity contribution < 1.29 is 19.3 Å². The highest BCUT2D eigenvalue weighted by molar-refractivity contribution is 5.85. The van der Waals surface area contributed by atoms with Crippen molar-refractivity contribution in [1.29, 1.82) is 0 Å². The Morgan fingerprint density at radius 2 is 1.88 bits per heavy atom. The Bertz CT molecular complexity index is 520. The van der Waals surface area contributed by atoms with Gasteiger partial charge >= 0.3 is 0 Å². The van der Waals surface area contributed by atoms with E-state index in [1.807, 2.05) is 24.3 Å². The number of hydrogen-bond donors (Lipinski definition) is 1. The molecule has 0 aromatic heterocycles. The number of β-amino-alcohol motifs (C(OH)–C–C–N with tert-alkyl or cyclic N) is 1. The summed E-state index contributed by atoms with van der Waals surface area (Å²) in [4.78, 5) is 2.35. The van der Waals surface area contributed by atoms with Crippen LogP contribution in [0, 0.1) is 11.8 Å². The predicted molar refractivity (Wildman–Crippen MR) is 99.8 cm³/mol. The van der Waals surface area contributed by atoms with Crippen LogP contribution in [0.4, 0.5) is 0 Å². The molecule has 5 nitrogen and oxygen atoms in total. The number of para-hydroxylation sites is 2. The first-order chi connectivity index (χ1) is 11.6. The SMILES string of the molecule is CC1CC(C)CN(CC(O)COCC2COc3ccccc3O2)C1.Cl. The third-order valence-corrected chi connectivity index (χ3v) is 4.59. The molecule has 0 spiro atoms. The number of fused-ring (bicyclic) bond motifs is 1. The van der Waals surface area contributed by atoms with Gasteiger partial charge in [-0.3, -0.25) is 0 Å². The van der Waals surface area contributed by atoms with E-state index in [0.717, 1.165) is 24.6 Å². The van der Waals surface area contributed by atoms with Gasteiger partial charge in [0.25, 0.3) is 0 Å². The summed E-state index contributed by atoms with van der Waals surface area (Å²) in [5.41, 5.74) is 0. The summed E-state index contributed by atoms with van der Waals surface area (Å²) in [6.45, 7) is 8.62. The van der Waals surface area contributed by atoms with E-state index in [2.05, 4.69) is 18.7 Å². The lowest BCUT2D eigenvalue weighted by molar-refractivity contribution is -0.0331. The van der Waals surface area contributed by atoms with E-state index in [-0.39, 0.29) is 18.5 Å². The van der Waals surface area contributed by atoms with Gasteiger partial charge in [-0.25, -0.2) is 0 Å². The van der Waals surface area contributed by atoms with E-state index in [0.29, 0.717) is 38.2 Å². The number of nitrogens with zero attached hydrogens (tertiary/aromatic N) is 1. The first kappa shape index (κ1) is 20.3. The molecule has 3 rings (SSSR count). The maximum atomic E-state index is 10.2. The first-order valence-corrected chi connectivity index (χ1v) is 8.96. The van der Waals surface area contributed by atoms with Crippen LogP contribution in [0.3, 0.4) is 0 Å². The lowest BCUT2D eigenvalue weighted by Crippen LogP contribution is -2.44. The molecule has 0 amide bonds. The van der Waals surface area contributed by atoms with Gasteiger partial charge in [0.1, 0.15) is 6.61 Å². The number of likely N-dealkylation sites (tertiary alicyclic amines) is 1. The Morgan fingerprint density at radius 1 is 1.20 bits per heavy atom. The second-order valence-electron chi connectivity index (χ2n) is 7.35. The maximum Gasteiger partial charge on any atom is 0.161 e. The van der Waals surface area contributed by atoms with Crippen LogP contribution in [-0.4, -0.2) is 61.7 Å². The predicted octanol–water partition coefficient (Wildman–Crippen LogP) is 2.60. The van der Waals surface area contributed by atoms with Crippen molar-refractivity contribution in [2.24, 2.45) is 11.8 Å². The number of aliphatic hydroxyl groups is 1. The normalized spacial score (nSPS) is 27.4. The molecule has 1 fully saturated rings. The van der Waals surface area contributed by atoms with Crippen LogP contribution in [0.2, 0.25) is 0 Å². The van der Waals surface area contributed by atoms with Gasteiger partial charge < -0.3 is 24.2 Å². The monoisotopic (exact) mass is 371 g/mol. The van der Waals surface area contributed by atoms with Gasteiger partial charge in [-0.05, 0) is 30.4 Å². The topological polar surface area (TPSA) is 51.2 Å². The minimum absolute atomic E-state index is 0. The number of piperidine rings is 1. The molecule has 0 saturated carbocycles. The number of halogens is 1. The fourth-order valence-corrected chi connectivity index (χ4v) is 3.77. The van der Waals surface area contributed by atoms with Gasteiger partial charge in [-0.15, -0.1) is 12.4 Å². The van der Waals surface area contributed by atoms with Crippen LogP contribution in [0.5, 0.6) is 11.5 Å². The smallest absolute Gasteiger partial charge is 0.161 e. The van der Waals surface area contributed by atoms with Crippen molar-refractivity contribution in [2.75, 3.05) is 39.5 Å². The molecule has 1 aromatic carbocycles. The van der Waals surface area contributed by atoms with Crippen molar-refractivity contribution in [2.45, 2.75) is 32.5 Å². The molecule has 2 heterocycles. The highest BCUT2D eigenvalue weighted by atomic mass is 35.5. The lowest BCUT2D eigenvalue weighted by Gasteiger charge is -2.36. The average molecular weight is 372 g/mol. The third kappa shape index (κ3) is 6.03. The molecule has 1 aromatic rings. The molecule has 1 saturated heterocycles. The van der Waals surface area contributed by atoms with Crippen molar-refractivity contribution in [3.05, 3.63) is 24.3 Å². The Labute approximate surface area is 156 Å². The summed E-state index contributed by atoms with van der Waals surface area (Å²) in [5.74, 6) is 2.95. The molecule has 2 aliphatic heterocycles. The van der Waals surface area contributed by atoms with E-state index < -0.39 is 6.10 Å². The molecule has 1 N–H and O–H groups in total. The summed E-state index contributed by atoms with van der Waals surface area (Å²) in [6, 6.07) is 7.65. The highest BCUT2D eigenvalue weighted by Gasteiger charge is 2.24. The second kappa shape index (κ2) is 9.62. The van der Waals surface area contributed by atoms with E-state index >= 15 is 0 Å². The van der Waals surface area contributed by atoms with Crippen LogP contribution in [0.15, 0.2) is 24.3 Å². The van der Waals surface area contributed by atoms with Crippen LogP contribution in [0.1, 0.15) is 20.3 Å². The second-order valence-corrected chi connectivity index (χ2v) is 7.35. The molecule has 142 valence electrons. The number of ether oxygens (including phenoxy) is 3. The Kier molecular flexibility index (Phi) is 7.81. The van der Waals surface area contributed by atoms with Crippen molar-refractivity contribution in [3.63, 3.8) is 0 Å². The molecular formula is C19H30ClNO4. The van der Waals surface area contributed by atoms with Crippen molar-refractivity contribution in [3.8, 4) is 11.5 Å². The minimum atomic E-state index is -0.459. The summed E-state index contributed by atoms with van der Waals surface area (Å²) >= 11 is 0. The Morgan fingerprint density at radius 3 is 2.60 bits per heavy atom. The van der Waals surface area contributed by atoms with Gasteiger partial charge in [0.15, 0.2) is 17.6 Å². The Hall–Kier alpha value is -1.01. The number of rotatable bonds is 6. The van der Waals surface area contributed by atoms with Crippen molar-refractivity contribution >= 4 is 12.4 Å². The minimum Gasteiger partial charge on any atom is -0.486 e. The molecule has 4 unspecified atom stereocenters. The first-order valence-electron chi connectivity index (χ1n) is 8.96. The van der Waals surface area contributed by atoms with Gasteiger partial charge in [-0.1, -0.05) is 26.0 Å². The van der Waals surface area contributed by atoms with Crippen LogP contribution >= 0.6 is 12.4 Å². The quantitative estimate of drug-likeness (QED) is 0.833. The standard InChI is InChI=1S/C19H29NO4.ClH/c1-14-7-15(2)9-20(8-14)10-16(21)11-22-12-17-13-23-18-5-3-4-6-19(18)24-17;/h3-6,14-17,21H,7-13H2,1-2H3;1H. The summed E-state index contributed by atoms with van der Waals surface area (Å²) < 4.78 is 17.2. The fraction of sp³-hybridized carbons (Fsp3) is 0.684. The van der Waals surface area contributed by atoms with E-state index in [4.69, 9.17) is 14.2 Å². The summed E-state index contributed by atoms with van der Waals surface area (Å²) in [5, 5.41) is 10.2. The molecule has 2 aliphatic rings. The van der Waals surface area contributed by atoms with Gasteiger partial charge in [0.2, 0.25) is 0 Å².